The number of pyridine rings is 2. The number of methoxy groups -OCH3 is 2. The van der Waals surface area contributed by atoms with Crippen LogP contribution in [0.1, 0.15) is 53.8 Å². The molecule has 0 aliphatic carbocycles. The molecule has 8 aromatic rings. The normalized spacial score (nSPS) is 12.3. The molecule has 0 atom stereocenters. The standard InChI is InChI=1S/C25H22F2N4O2.C23H20N4O3/c1-33-23-12-19-21(13-22(23)31-6-2-3-7-31)29-24(30-25(19)32)8-15-4-5-20(28-14-15)16-9-17(26)11-18(27)10-16;1-4-30-20-11-18-17(10-19(20)29-3)23(28)27-21(26-18)9-16-8-14-6-5-7-15(12-24)22(14)25-13(16)2/h4-5,9-14H,2-3,6-8H2,1H3,(H,29,30,32);5-8,10-11H,4,9H2,1-3H3,(H,26,27,28). The fourth-order valence-electron chi connectivity index (χ4n) is 7.74. The quantitative estimate of drug-likeness (QED) is 0.136. The van der Waals surface area contributed by atoms with E-state index in [1.807, 2.05) is 38.1 Å². The van der Waals surface area contributed by atoms with Crippen molar-refractivity contribution in [1.29, 1.82) is 5.26 Å². The number of halogens is 2. The van der Waals surface area contributed by atoms with Gasteiger partial charge in [0.05, 0.1) is 65.1 Å². The van der Waals surface area contributed by atoms with Crippen molar-refractivity contribution >= 4 is 38.4 Å². The summed E-state index contributed by atoms with van der Waals surface area (Å²) in [5, 5.41) is 11.1. The summed E-state index contributed by atoms with van der Waals surface area (Å²) in [6.45, 7) is 6.15. The van der Waals surface area contributed by atoms with E-state index < -0.39 is 11.6 Å². The second-order valence-corrected chi connectivity index (χ2v) is 15.0. The summed E-state index contributed by atoms with van der Waals surface area (Å²) in [6, 6.07) is 23.5. The Kier molecular flexibility index (Phi) is 12.1. The fraction of sp³-hybridized carbons (Fsp3) is 0.229. The SMILES string of the molecule is CCOc1cc2nc(Cc3cc4cccc(C#N)c4nc3C)[nH]c(=O)c2cc1OC.COc1cc2c(=O)[nH]c(Cc3ccc(-c4cc(F)cc(F)c4)nc3)nc2cc1N1CCCC1. The van der Waals surface area contributed by atoms with Crippen LogP contribution in [0.5, 0.6) is 17.2 Å². The molecule has 4 aromatic heterocycles. The molecule has 2 N–H and O–H groups in total. The molecule has 0 radical (unpaired) electrons. The Morgan fingerprint density at radius 1 is 0.778 bits per heavy atom. The first kappa shape index (κ1) is 42.0. The maximum atomic E-state index is 13.5. The highest BCUT2D eigenvalue weighted by Gasteiger charge is 2.20. The summed E-state index contributed by atoms with van der Waals surface area (Å²) in [5.41, 5.74) is 6.18. The number of benzene rings is 4. The highest BCUT2D eigenvalue weighted by Crippen LogP contribution is 2.34. The Morgan fingerprint density at radius 2 is 1.44 bits per heavy atom. The van der Waals surface area contributed by atoms with E-state index in [1.54, 1.807) is 49.7 Å². The van der Waals surface area contributed by atoms with Gasteiger partial charge in [-0.2, -0.15) is 5.26 Å². The number of fused-ring (bicyclic) bond motifs is 3. The number of ether oxygens (including phenoxy) is 3. The zero-order chi connectivity index (χ0) is 44.2. The maximum Gasteiger partial charge on any atom is 0.258 e. The third-order valence-corrected chi connectivity index (χ3v) is 10.8. The summed E-state index contributed by atoms with van der Waals surface area (Å²) in [7, 11) is 3.14. The number of hydrogen-bond acceptors (Lipinski definition) is 11. The molecule has 0 spiro atoms. The minimum absolute atomic E-state index is 0.235. The van der Waals surface area contributed by atoms with Crippen LogP contribution in [0, 0.1) is 29.9 Å². The second kappa shape index (κ2) is 18.1. The first-order valence-corrected chi connectivity index (χ1v) is 20.3. The Hall–Kier alpha value is -7.73. The molecule has 15 heteroatoms. The van der Waals surface area contributed by atoms with Crippen molar-refractivity contribution in [3.8, 4) is 34.6 Å². The van der Waals surface area contributed by atoms with E-state index >= 15 is 0 Å². The predicted molar refractivity (Wildman–Crippen MR) is 237 cm³/mol. The summed E-state index contributed by atoms with van der Waals surface area (Å²) < 4.78 is 43.5. The molecule has 0 bridgehead atoms. The molecular weight excluding hydrogens is 807 g/mol. The van der Waals surface area contributed by atoms with Gasteiger partial charge >= 0.3 is 0 Å². The lowest BCUT2D eigenvalue weighted by molar-refractivity contribution is 0.311. The van der Waals surface area contributed by atoms with Crippen LogP contribution in [0.15, 0.2) is 94.6 Å². The van der Waals surface area contributed by atoms with Crippen molar-refractivity contribution in [1.82, 2.24) is 29.9 Å². The number of anilines is 1. The van der Waals surface area contributed by atoms with E-state index in [-0.39, 0.29) is 11.1 Å². The number of aromatic amines is 2. The average Bonchev–Trinajstić information content (AvgIpc) is 3.82. The van der Waals surface area contributed by atoms with Crippen molar-refractivity contribution < 1.29 is 23.0 Å². The highest BCUT2D eigenvalue weighted by molar-refractivity contribution is 5.86. The zero-order valence-corrected chi connectivity index (χ0v) is 35.0. The lowest BCUT2D eigenvalue weighted by Crippen LogP contribution is -2.19. The van der Waals surface area contributed by atoms with Crippen LogP contribution in [0.25, 0.3) is 44.0 Å². The molecule has 1 aliphatic rings. The molecule has 5 heterocycles. The van der Waals surface area contributed by atoms with Gasteiger partial charge in [0.2, 0.25) is 0 Å². The molecule has 0 saturated carbocycles. The van der Waals surface area contributed by atoms with Gasteiger partial charge in [0.15, 0.2) is 11.5 Å². The van der Waals surface area contributed by atoms with E-state index in [9.17, 15) is 23.6 Å². The van der Waals surface area contributed by atoms with Crippen LogP contribution in [0.3, 0.4) is 0 Å². The van der Waals surface area contributed by atoms with E-state index in [0.29, 0.717) is 92.5 Å². The molecule has 9 rings (SSSR count). The zero-order valence-electron chi connectivity index (χ0n) is 35.0. The Morgan fingerprint density at radius 3 is 2.08 bits per heavy atom. The number of nitrogens with zero attached hydrogens (tertiary/aromatic N) is 6. The van der Waals surface area contributed by atoms with Gasteiger partial charge in [0.25, 0.3) is 11.1 Å². The van der Waals surface area contributed by atoms with Gasteiger partial charge in [-0.15, -0.1) is 0 Å². The monoisotopic (exact) mass is 848 g/mol. The third kappa shape index (κ3) is 9.01. The van der Waals surface area contributed by atoms with Crippen molar-refractivity contribution in [2.75, 3.05) is 38.8 Å². The van der Waals surface area contributed by atoms with Crippen LogP contribution in [0.2, 0.25) is 0 Å². The van der Waals surface area contributed by atoms with Gasteiger partial charge in [-0.25, -0.2) is 18.7 Å². The molecular formula is C48H42F2N8O5. The molecule has 318 valence electrons. The molecule has 0 unspecified atom stereocenters. The van der Waals surface area contributed by atoms with Crippen LogP contribution in [-0.4, -0.2) is 63.8 Å². The van der Waals surface area contributed by atoms with Gasteiger partial charge in [-0.1, -0.05) is 18.2 Å². The molecule has 1 fully saturated rings. The maximum absolute atomic E-state index is 13.5. The number of para-hydroxylation sites is 1. The smallest absolute Gasteiger partial charge is 0.258 e. The number of H-pyrrole nitrogens is 2. The molecule has 13 nitrogen and oxygen atoms in total. The van der Waals surface area contributed by atoms with Crippen molar-refractivity contribution in [2.24, 2.45) is 0 Å². The minimum atomic E-state index is -0.654. The first-order valence-electron chi connectivity index (χ1n) is 20.3. The summed E-state index contributed by atoms with van der Waals surface area (Å²) in [4.78, 5) is 51.6. The lowest BCUT2D eigenvalue weighted by Gasteiger charge is -2.21. The topological polar surface area (TPSA) is 172 Å². The number of aryl methyl sites for hydroxylation is 1. The van der Waals surface area contributed by atoms with E-state index in [4.69, 9.17) is 14.2 Å². The van der Waals surface area contributed by atoms with Gasteiger partial charge in [-0.05, 0) is 86.3 Å². The number of rotatable bonds is 10. The Labute approximate surface area is 360 Å². The average molecular weight is 849 g/mol. The summed E-state index contributed by atoms with van der Waals surface area (Å²) >= 11 is 0. The second-order valence-electron chi connectivity index (χ2n) is 15.0. The lowest BCUT2D eigenvalue weighted by atomic mass is 10.0. The Bertz CT molecular complexity index is 3160. The Balaban J connectivity index is 0.000000174. The van der Waals surface area contributed by atoms with Crippen LogP contribution < -0.4 is 30.2 Å². The molecule has 1 saturated heterocycles. The molecule has 0 amide bonds. The minimum Gasteiger partial charge on any atom is -0.495 e. The van der Waals surface area contributed by atoms with Crippen LogP contribution >= 0.6 is 0 Å². The number of nitrogens with one attached hydrogen (secondary N) is 2. The fourth-order valence-corrected chi connectivity index (χ4v) is 7.74. The summed E-state index contributed by atoms with van der Waals surface area (Å²) in [6.07, 6.45) is 4.64. The van der Waals surface area contributed by atoms with E-state index in [2.05, 4.69) is 40.9 Å². The number of nitriles is 1. The molecule has 4 aromatic carbocycles. The van der Waals surface area contributed by atoms with Gasteiger partial charge < -0.3 is 29.1 Å². The number of aromatic nitrogens is 6. The summed E-state index contributed by atoms with van der Waals surface area (Å²) in [5.74, 6) is 1.43. The first-order chi connectivity index (χ1) is 30.5. The van der Waals surface area contributed by atoms with Crippen LogP contribution in [0.4, 0.5) is 14.5 Å². The largest absolute Gasteiger partial charge is 0.495 e. The third-order valence-electron chi connectivity index (χ3n) is 10.8. The van der Waals surface area contributed by atoms with Crippen molar-refractivity contribution in [3.05, 3.63) is 151 Å². The van der Waals surface area contributed by atoms with E-state index in [1.165, 1.54) is 19.2 Å². The van der Waals surface area contributed by atoms with E-state index in [0.717, 1.165) is 59.9 Å². The van der Waals surface area contributed by atoms with Crippen molar-refractivity contribution in [3.63, 3.8) is 0 Å². The molecule has 63 heavy (non-hydrogen) atoms. The predicted octanol–water partition coefficient (Wildman–Crippen LogP) is 8.11. The van der Waals surface area contributed by atoms with Gasteiger partial charge in [0.1, 0.15) is 35.1 Å². The molecule has 1 aliphatic heterocycles. The number of hydrogen-bond donors (Lipinski definition) is 2. The van der Waals surface area contributed by atoms with Gasteiger partial charge in [-0.3, -0.25) is 19.6 Å². The highest BCUT2D eigenvalue weighted by atomic mass is 19.1. The van der Waals surface area contributed by atoms with Crippen molar-refractivity contribution in [2.45, 2.75) is 39.5 Å². The van der Waals surface area contributed by atoms with Gasteiger partial charge in [0, 0.05) is 60.9 Å². The van der Waals surface area contributed by atoms with Crippen LogP contribution in [-0.2, 0) is 12.8 Å².